The Bertz CT molecular complexity index is 3290. The van der Waals surface area contributed by atoms with Gasteiger partial charge in [0.05, 0.1) is 72.7 Å². The van der Waals surface area contributed by atoms with Gasteiger partial charge in [0.1, 0.15) is 22.7 Å². The second-order valence-corrected chi connectivity index (χ2v) is 17.8. The topological polar surface area (TPSA) is 235 Å². The molecule has 0 bridgehead atoms. The summed E-state index contributed by atoms with van der Waals surface area (Å²) in [6.45, 7) is 7.67. The van der Waals surface area contributed by atoms with E-state index in [1.54, 1.807) is 6.92 Å². The lowest BCUT2D eigenvalue weighted by Gasteiger charge is -2.26. The maximum atomic E-state index is 14.0. The van der Waals surface area contributed by atoms with Crippen molar-refractivity contribution in [2.45, 2.75) is 58.0 Å². The van der Waals surface area contributed by atoms with E-state index in [1.165, 1.54) is 58.3 Å². The van der Waals surface area contributed by atoms with E-state index >= 15 is 0 Å². The second kappa shape index (κ2) is 18.0. The number of rotatable bonds is 11. The number of fused-ring (bicyclic) bond motifs is 6. The molecule has 0 aliphatic rings. The van der Waals surface area contributed by atoms with Crippen LogP contribution in [-0.4, -0.2) is 71.7 Å². The zero-order valence-electron chi connectivity index (χ0n) is 35.7. The smallest absolute Gasteiger partial charge is 0.418 e. The standard InChI is InChI=1S/C22H19F4N5O3S.C20H16F4N6O2S/c1-4-34-18(32)11-7-10(5-6-14(11)23)30-21(2,3)19(33)29-20-28-16-13(22(24,25)26)8-15-12(9-27-31-15)17(16)35-20;1-19(2,29-8-3-4-12(21)9(5-8)16(25)31)17(32)28-18-27-14-11(20(22,23)24)6-13-10(7-26-30-13)15(14)33-18/h5-9,30H,4H2,1-3H3,(H,27,31)(H,28,29,33);3-7,29H,1-2H3,(H2,25,31)(H,26,30)(H,27,28,32). The van der Waals surface area contributed by atoms with Gasteiger partial charge >= 0.3 is 18.3 Å². The van der Waals surface area contributed by atoms with Crippen molar-refractivity contribution in [1.82, 2.24) is 30.4 Å². The number of aromatic nitrogens is 6. The van der Waals surface area contributed by atoms with Crippen molar-refractivity contribution in [2.24, 2.45) is 5.73 Å². The highest BCUT2D eigenvalue weighted by atomic mass is 32.1. The molecule has 26 heteroatoms. The van der Waals surface area contributed by atoms with Gasteiger partial charge in [-0.2, -0.15) is 36.5 Å². The largest absolute Gasteiger partial charge is 0.462 e. The molecule has 0 aliphatic heterocycles. The van der Waals surface area contributed by atoms with Crippen molar-refractivity contribution in [2.75, 3.05) is 27.9 Å². The van der Waals surface area contributed by atoms with Crippen LogP contribution in [0.3, 0.4) is 0 Å². The second-order valence-electron chi connectivity index (χ2n) is 15.8. The third-order valence-corrected chi connectivity index (χ3v) is 12.0. The van der Waals surface area contributed by atoms with Crippen LogP contribution in [0.5, 0.6) is 0 Å². The van der Waals surface area contributed by atoms with Crippen LogP contribution in [0.25, 0.3) is 42.2 Å². The van der Waals surface area contributed by atoms with Gasteiger partial charge in [-0.05, 0) is 83.1 Å². The molecule has 0 saturated carbocycles. The molecule has 4 aromatic carbocycles. The molecule has 8 N–H and O–H groups in total. The molecule has 4 aromatic heterocycles. The molecule has 0 spiro atoms. The molecule has 8 rings (SSSR count). The van der Waals surface area contributed by atoms with E-state index in [0.29, 0.717) is 10.8 Å². The lowest BCUT2D eigenvalue weighted by Crippen LogP contribution is -2.44. The summed E-state index contributed by atoms with van der Waals surface area (Å²) in [5.74, 6) is -4.65. The number of H-pyrrole nitrogens is 2. The molecule has 8 aromatic rings. The number of anilines is 4. The number of nitrogens with two attached hydrogens (primary N) is 1. The minimum absolute atomic E-state index is 0.0367. The molecular formula is C42H35F8N11O5S2. The fraction of sp³-hybridized carbons (Fsp3) is 0.238. The van der Waals surface area contributed by atoms with Crippen molar-refractivity contribution in [3.05, 3.63) is 94.8 Å². The van der Waals surface area contributed by atoms with Crippen LogP contribution in [0.15, 0.2) is 60.9 Å². The molecule has 0 radical (unpaired) electrons. The maximum absolute atomic E-state index is 14.0. The summed E-state index contributed by atoms with van der Waals surface area (Å²) in [4.78, 5) is 57.2. The van der Waals surface area contributed by atoms with Crippen LogP contribution in [0, 0.1) is 11.6 Å². The number of ether oxygens (including phenoxy) is 1. The minimum Gasteiger partial charge on any atom is -0.462 e. The number of carbonyl (C=O) groups excluding carboxylic acids is 4. The molecule has 0 saturated heterocycles. The van der Waals surface area contributed by atoms with E-state index in [1.807, 2.05) is 0 Å². The number of carbonyl (C=O) groups is 4. The van der Waals surface area contributed by atoms with Gasteiger partial charge in [-0.15, -0.1) is 0 Å². The Hall–Kier alpha value is -7.48. The van der Waals surface area contributed by atoms with Crippen LogP contribution in [0.1, 0.15) is 66.5 Å². The van der Waals surface area contributed by atoms with E-state index in [-0.39, 0.29) is 70.8 Å². The number of nitrogens with zero attached hydrogens (tertiary/aromatic N) is 4. The summed E-state index contributed by atoms with van der Waals surface area (Å²) >= 11 is 1.76. The van der Waals surface area contributed by atoms with Crippen molar-refractivity contribution >= 4 is 110 Å². The molecule has 0 aliphatic carbocycles. The highest BCUT2D eigenvalue weighted by Crippen LogP contribution is 2.43. The quantitative estimate of drug-likeness (QED) is 0.0476. The highest BCUT2D eigenvalue weighted by molar-refractivity contribution is 7.23. The summed E-state index contributed by atoms with van der Waals surface area (Å²) in [6, 6.07) is 8.98. The Balaban J connectivity index is 0.000000202. The predicted octanol–water partition coefficient (Wildman–Crippen LogP) is 9.59. The van der Waals surface area contributed by atoms with Crippen molar-refractivity contribution in [1.29, 1.82) is 0 Å². The number of amides is 3. The molecule has 3 amide bonds. The number of hydrogen-bond acceptors (Lipinski definition) is 13. The fourth-order valence-electron chi connectivity index (χ4n) is 6.61. The predicted molar refractivity (Wildman–Crippen MR) is 238 cm³/mol. The van der Waals surface area contributed by atoms with E-state index < -0.39 is 69.9 Å². The number of hydrogen-bond donors (Lipinski definition) is 7. The first kappa shape index (κ1) is 48.5. The fourth-order valence-corrected chi connectivity index (χ4v) is 8.61. The molecule has 0 unspecified atom stereocenters. The van der Waals surface area contributed by atoms with E-state index in [0.717, 1.165) is 53.0 Å². The van der Waals surface area contributed by atoms with Crippen molar-refractivity contribution < 1.29 is 59.0 Å². The van der Waals surface area contributed by atoms with E-state index in [2.05, 4.69) is 51.6 Å². The van der Waals surface area contributed by atoms with Crippen LogP contribution in [-0.2, 0) is 26.7 Å². The Morgan fingerprint density at radius 2 is 1.07 bits per heavy atom. The summed E-state index contributed by atoms with van der Waals surface area (Å²) in [5.41, 5.74) is 0.250. The van der Waals surface area contributed by atoms with Crippen LogP contribution in [0.2, 0.25) is 0 Å². The normalized spacial score (nSPS) is 12.2. The van der Waals surface area contributed by atoms with Gasteiger partial charge in [-0.1, -0.05) is 22.7 Å². The number of alkyl halides is 6. The summed E-state index contributed by atoms with van der Waals surface area (Å²) in [7, 11) is 0. The Morgan fingerprint density at radius 1 is 0.662 bits per heavy atom. The van der Waals surface area contributed by atoms with Gasteiger partial charge in [0.2, 0.25) is 0 Å². The number of primary amides is 1. The van der Waals surface area contributed by atoms with Gasteiger partial charge in [-0.25, -0.2) is 23.5 Å². The van der Waals surface area contributed by atoms with Gasteiger partial charge in [0.25, 0.3) is 17.7 Å². The minimum atomic E-state index is -4.66. The lowest BCUT2D eigenvalue weighted by atomic mass is 10.0. The first-order chi connectivity index (χ1) is 31.8. The average Bonchev–Trinajstić information content (AvgIpc) is 4.07. The molecule has 0 atom stereocenters. The summed E-state index contributed by atoms with van der Waals surface area (Å²) in [5, 5.41) is 24.2. The summed E-state index contributed by atoms with van der Waals surface area (Å²) < 4.78 is 114. The van der Waals surface area contributed by atoms with Crippen LogP contribution in [0.4, 0.5) is 56.8 Å². The first-order valence-corrected chi connectivity index (χ1v) is 21.3. The van der Waals surface area contributed by atoms with E-state index in [4.69, 9.17) is 10.5 Å². The van der Waals surface area contributed by atoms with Crippen LogP contribution < -0.4 is 27.0 Å². The van der Waals surface area contributed by atoms with Gasteiger partial charge in [0, 0.05) is 22.1 Å². The van der Waals surface area contributed by atoms with Crippen LogP contribution >= 0.6 is 22.7 Å². The monoisotopic (exact) mass is 989 g/mol. The molecule has 0 fully saturated rings. The molecular weight excluding hydrogens is 955 g/mol. The number of nitrogens with one attached hydrogen (secondary N) is 6. The number of benzene rings is 4. The number of aromatic amines is 2. The third kappa shape index (κ3) is 9.95. The SMILES string of the molecule is CC(C)(Nc1ccc(F)c(C(N)=O)c1)C(=O)Nc1nc2c(C(F)(F)F)cc3[nH]ncc3c2s1.CCOC(=O)c1cc(NC(C)(C)C(=O)Nc2nc3c(C(F)(F)F)cc4[nH]ncc4c3s2)ccc1F. The highest BCUT2D eigenvalue weighted by Gasteiger charge is 2.38. The maximum Gasteiger partial charge on any atom is 0.418 e. The Labute approximate surface area is 385 Å². The van der Waals surface area contributed by atoms with Crippen molar-refractivity contribution in [3.8, 4) is 0 Å². The molecule has 356 valence electrons. The molecule has 16 nitrogen and oxygen atoms in total. The van der Waals surface area contributed by atoms with Crippen molar-refractivity contribution in [3.63, 3.8) is 0 Å². The Kier molecular flexibility index (Phi) is 12.8. The number of thiazole rings is 2. The zero-order chi connectivity index (χ0) is 49.7. The average molecular weight is 990 g/mol. The number of halogens is 8. The zero-order valence-corrected chi connectivity index (χ0v) is 37.4. The third-order valence-electron chi connectivity index (χ3n) is 9.96. The lowest BCUT2D eigenvalue weighted by molar-refractivity contribution is -0.137. The van der Waals surface area contributed by atoms with Gasteiger partial charge in [-0.3, -0.25) is 35.2 Å². The Morgan fingerprint density at radius 3 is 1.47 bits per heavy atom. The molecule has 4 heterocycles. The molecule has 68 heavy (non-hydrogen) atoms. The van der Waals surface area contributed by atoms with Gasteiger partial charge in [0.15, 0.2) is 10.3 Å². The van der Waals surface area contributed by atoms with E-state index in [9.17, 15) is 54.3 Å². The number of esters is 1. The first-order valence-electron chi connectivity index (χ1n) is 19.7. The van der Waals surface area contributed by atoms with Gasteiger partial charge < -0.3 is 21.1 Å². The summed E-state index contributed by atoms with van der Waals surface area (Å²) in [6.07, 6.45) is -6.54.